The molecule has 4 aliphatic carbocycles. The van der Waals surface area contributed by atoms with E-state index in [9.17, 15) is 5.11 Å². The van der Waals surface area contributed by atoms with Crippen molar-refractivity contribution in [1.29, 1.82) is 0 Å². The Morgan fingerprint density at radius 1 is 1.07 bits per heavy atom. The number of ether oxygens (including phenoxy) is 1. The van der Waals surface area contributed by atoms with E-state index in [1.165, 1.54) is 44.9 Å². The Hall–Kier alpha value is -0.380. The van der Waals surface area contributed by atoms with Crippen LogP contribution in [-0.2, 0) is 4.74 Å². The number of allylic oxidation sites excluding steroid dienone is 1. The molecule has 6 aliphatic rings. The van der Waals surface area contributed by atoms with Gasteiger partial charge in [0.05, 0.1) is 12.2 Å². The van der Waals surface area contributed by atoms with Gasteiger partial charge in [0.1, 0.15) is 5.72 Å². The number of hydrogen-bond acceptors (Lipinski definition) is 3. The second-order valence-electron chi connectivity index (χ2n) is 12.8. The summed E-state index contributed by atoms with van der Waals surface area (Å²) in [6, 6.07) is 0. The lowest BCUT2D eigenvalue weighted by atomic mass is 9.47. The zero-order chi connectivity index (χ0) is 20.9. The Labute approximate surface area is 183 Å². The lowest BCUT2D eigenvalue weighted by Crippen LogP contribution is -2.57. The van der Waals surface area contributed by atoms with Crippen molar-refractivity contribution in [3.8, 4) is 0 Å². The van der Waals surface area contributed by atoms with Crippen LogP contribution in [0.2, 0.25) is 0 Å². The summed E-state index contributed by atoms with van der Waals surface area (Å²) in [6.45, 7) is 11.2. The van der Waals surface area contributed by atoms with Crippen LogP contribution in [0.1, 0.15) is 85.5 Å². The standard InChI is InChI=1S/C27H43NO2/c1-16-7-12-27(28-15-16)17(2)24-23(30-27)14-22-20-6-5-18-13-19(29)8-10-25(18,3)21(20)9-11-26(22,24)4/h5,16-17,19-24,28-29H,6-15H2,1-4H3/t16-,17?,19?,20?,21?,22+,23?,24?,25?,26?,27-/m1/s1. The van der Waals surface area contributed by atoms with Gasteiger partial charge in [-0.1, -0.05) is 39.3 Å². The number of nitrogens with one attached hydrogen (secondary N) is 1. The van der Waals surface area contributed by atoms with Gasteiger partial charge in [0, 0.05) is 12.5 Å². The van der Waals surface area contributed by atoms with Gasteiger partial charge < -0.3 is 9.84 Å². The zero-order valence-electron chi connectivity index (χ0n) is 19.6. The highest BCUT2D eigenvalue weighted by Gasteiger charge is 2.68. The third-order valence-corrected chi connectivity index (χ3v) is 11.6. The second-order valence-corrected chi connectivity index (χ2v) is 12.8. The van der Waals surface area contributed by atoms with Crippen LogP contribution in [0, 0.1) is 46.3 Å². The van der Waals surface area contributed by atoms with Crippen molar-refractivity contribution in [1.82, 2.24) is 5.32 Å². The number of hydrogen-bond donors (Lipinski definition) is 2. The monoisotopic (exact) mass is 413 g/mol. The van der Waals surface area contributed by atoms with Crippen molar-refractivity contribution in [3.63, 3.8) is 0 Å². The minimum atomic E-state index is -0.100. The zero-order valence-corrected chi connectivity index (χ0v) is 19.6. The average molecular weight is 414 g/mol. The van der Waals surface area contributed by atoms with Gasteiger partial charge in [-0.25, -0.2) is 0 Å². The summed E-state index contributed by atoms with van der Waals surface area (Å²) < 4.78 is 7.00. The number of rotatable bonds is 0. The lowest BCUT2D eigenvalue weighted by Gasteiger charge is -2.58. The Morgan fingerprint density at radius 3 is 2.67 bits per heavy atom. The lowest BCUT2D eigenvalue weighted by molar-refractivity contribution is -0.115. The van der Waals surface area contributed by atoms with Gasteiger partial charge in [-0.3, -0.25) is 5.32 Å². The maximum Gasteiger partial charge on any atom is 0.122 e. The molecule has 5 fully saturated rings. The molecule has 0 radical (unpaired) electrons. The number of fused-ring (bicyclic) bond motifs is 7. The van der Waals surface area contributed by atoms with Gasteiger partial charge in [0.15, 0.2) is 0 Å². The third-order valence-electron chi connectivity index (χ3n) is 11.6. The molecule has 6 rings (SSSR count). The van der Waals surface area contributed by atoms with E-state index in [4.69, 9.17) is 4.74 Å². The molecule has 0 aromatic heterocycles. The maximum atomic E-state index is 10.3. The summed E-state index contributed by atoms with van der Waals surface area (Å²) in [5.41, 5.74) is 2.33. The SMILES string of the molecule is CC1C2C(C[C@H]3C4CC=C5CC(O)CCC5(C)C4CCC23C)O[C@]12CC[C@@H](C)CN2. The van der Waals surface area contributed by atoms with Crippen LogP contribution in [0.5, 0.6) is 0 Å². The smallest absolute Gasteiger partial charge is 0.122 e. The van der Waals surface area contributed by atoms with Gasteiger partial charge in [0.2, 0.25) is 0 Å². The molecule has 168 valence electrons. The van der Waals surface area contributed by atoms with E-state index in [-0.39, 0.29) is 11.8 Å². The molecule has 11 atom stereocenters. The van der Waals surface area contributed by atoms with E-state index in [1.54, 1.807) is 5.57 Å². The molecule has 2 N–H and O–H groups in total. The number of aliphatic hydroxyl groups excluding tert-OH is 1. The molecule has 0 aromatic rings. The summed E-state index contributed by atoms with van der Waals surface area (Å²) in [5, 5.41) is 14.1. The highest BCUT2D eigenvalue weighted by Crippen LogP contribution is 2.70. The van der Waals surface area contributed by atoms with E-state index in [1.807, 2.05) is 0 Å². The summed E-state index contributed by atoms with van der Waals surface area (Å²) in [5.74, 6) is 4.58. The van der Waals surface area contributed by atoms with Gasteiger partial charge in [-0.15, -0.1) is 0 Å². The molecule has 8 unspecified atom stereocenters. The Balaban J connectivity index is 1.28. The fraction of sp³-hybridized carbons (Fsp3) is 0.926. The van der Waals surface area contributed by atoms with E-state index in [0.29, 0.717) is 22.9 Å². The summed E-state index contributed by atoms with van der Waals surface area (Å²) in [6.07, 6.45) is 13.8. The van der Waals surface area contributed by atoms with Crippen LogP contribution in [0.3, 0.4) is 0 Å². The highest BCUT2D eigenvalue weighted by molar-refractivity contribution is 5.26. The van der Waals surface area contributed by atoms with E-state index >= 15 is 0 Å². The molecular weight excluding hydrogens is 370 g/mol. The summed E-state index contributed by atoms with van der Waals surface area (Å²) >= 11 is 0. The molecule has 30 heavy (non-hydrogen) atoms. The topological polar surface area (TPSA) is 41.5 Å². The molecule has 1 spiro atoms. The summed E-state index contributed by atoms with van der Waals surface area (Å²) in [4.78, 5) is 0. The minimum absolute atomic E-state index is 0.0439. The van der Waals surface area contributed by atoms with Gasteiger partial charge >= 0.3 is 0 Å². The molecule has 2 aliphatic heterocycles. The molecule has 0 amide bonds. The normalized spacial score (nSPS) is 59.8. The van der Waals surface area contributed by atoms with Crippen LogP contribution in [0.25, 0.3) is 0 Å². The van der Waals surface area contributed by atoms with Crippen LogP contribution in [0.15, 0.2) is 11.6 Å². The van der Waals surface area contributed by atoms with Crippen LogP contribution in [-0.4, -0.2) is 29.6 Å². The van der Waals surface area contributed by atoms with Crippen LogP contribution < -0.4 is 5.32 Å². The van der Waals surface area contributed by atoms with Crippen molar-refractivity contribution < 1.29 is 9.84 Å². The molecule has 2 saturated heterocycles. The summed E-state index contributed by atoms with van der Waals surface area (Å²) in [7, 11) is 0. The first-order valence-electron chi connectivity index (χ1n) is 13.1. The first kappa shape index (κ1) is 20.2. The Bertz CT molecular complexity index is 739. The van der Waals surface area contributed by atoms with Crippen molar-refractivity contribution in [2.24, 2.45) is 46.3 Å². The number of aliphatic hydroxyl groups is 1. The minimum Gasteiger partial charge on any atom is -0.393 e. The highest BCUT2D eigenvalue weighted by atomic mass is 16.5. The molecule has 0 bridgehead atoms. The predicted octanol–water partition coefficient (Wildman–Crippen LogP) is 5.29. The first-order valence-corrected chi connectivity index (χ1v) is 13.1. The molecule has 3 nitrogen and oxygen atoms in total. The number of piperidine rings is 1. The average Bonchev–Trinajstić information content (AvgIpc) is 3.16. The van der Waals surface area contributed by atoms with Crippen molar-refractivity contribution in [2.45, 2.75) is 103 Å². The van der Waals surface area contributed by atoms with Crippen molar-refractivity contribution in [3.05, 3.63) is 11.6 Å². The molecule has 0 aromatic carbocycles. The van der Waals surface area contributed by atoms with Crippen molar-refractivity contribution >= 4 is 0 Å². The molecule has 2 heterocycles. The predicted molar refractivity (Wildman–Crippen MR) is 120 cm³/mol. The van der Waals surface area contributed by atoms with Crippen LogP contribution in [0.4, 0.5) is 0 Å². The van der Waals surface area contributed by atoms with Crippen molar-refractivity contribution in [2.75, 3.05) is 6.54 Å². The first-order chi connectivity index (χ1) is 14.3. The molecule has 3 heteroatoms. The fourth-order valence-corrected chi connectivity index (χ4v) is 9.84. The second kappa shape index (κ2) is 6.58. The fourth-order valence-electron chi connectivity index (χ4n) is 9.84. The maximum absolute atomic E-state index is 10.3. The Kier molecular flexibility index (Phi) is 4.44. The van der Waals surface area contributed by atoms with E-state index in [0.717, 1.165) is 49.0 Å². The van der Waals surface area contributed by atoms with Gasteiger partial charge in [0.25, 0.3) is 0 Å². The molecule has 3 saturated carbocycles. The Morgan fingerprint density at radius 2 is 1.90 bits per heavy atom. The third kappa shape index (κ3) is 2.55. The van der Waals surface area contributed by atoms with Gasteiger partial charge in [-0.2, -0.15) is 0 Å². The van der Waals surface area contributed by atoms with E-state index in [2.05, 4.69) is 39.1 Å². The van der Waals surface area contributed by atoms with Crippen LogP contribution >= 0.6 is 0 Å². The quantitative estimate of drug-likeness (QED) is 0.530. The molecular formula is C27H43NO2. The van der Waals surface area contributed by atoms with E-state index < -0.39 is 0 Å². The van der Waals surface area contributed by atoms with Gasteiger partial charge in [-0.05, 0) is 98.2 Å². The largest absolute Gasteiger partial charge is 0.393 e.